The Bertz CT molecular complexity index is 850. The summed E-state index contributed by atoms with van der Waals surface area (Å²) in [6, 6.07) is 27.3. The Balaban J connectivity index is 0.00000106. The minimum Gasteiger partial charge on any atom is -0.322 e. The third-order valence-electron chi connectivity index (χ3n) is 3.66. The molecular weight excluding hydrogens is 372 g/mol. The van der Waals surface area contributed by atoms with Gasteiger partial charge in [-0.2, -0.15) is 0 Å². The number of hydrogen-bond acceptors (Lipinski definition) is 2. The van der Waals surface area contributed by atoms with Gasteiger partial charge in [-0.3, -0.25) is 9.59 Å². The van der Waals surface area contributed by atoms with E-state index < -0.39 is 11.8 Å². The van der Waals surface area contributed by atoms with Crippen molar-refractivity contribution in [2.45, 2.75) is 27.7 Å². The summed E-state index contributed by atoms with van der Waals surface area (Å²) in [7, 11) is 0. The van der Waals surface area contributed by atoms with Crippen LogP contribution in [0.5, 0.6) is 0 Å². The fraction of sp³-hybridized carbons (Fsp3) is 0.154. The van der Waals surface area contributed by atoms with Crippen molar-refractivity contribution in [1.29, 1.82) is 0 Å². The standard InChI is InChI=1S/C22H18N2O2.2C2H6/c25-21(23-18-12-6-2-7-13-18)20(16-17-10-4-1-5-11-17)22(26)24-19-14-8-3-9-15-19;2*1-2/h1-16H,(H,23,25)(H,24,26);2*1-2H3. The molecule has 156 valence electrons. The molecule has 3 aromatic carbocycles. The van der Waals surface area contributed by atoms with E-state index in [2.05, 4.69) is 10.6 Å². The van der Waals surface area contributed by atoms with E-state index >= 15 is 0 Å². The molecule has 0 aliphatic heterocycles. The average molecular weight is 403 g/mol. The van der Waals surface area contributed by atoms with Crippen LogP contribution in [-0.4, -0.2) is 11.8 Å². The lowest BCUT2D eigenvalue weighted by molar-refractivity contribution is -0.118. The Morgan fingerprint density at radius 3 is 1.27 bits per heavy atom. The lowest BCUT2D eigenvalue weighted by atomic mass is 10.1. The summed E-state index contributed by atoms with van der Waals surface area (Å²) >= 11 is 0. The predicted octanol–water partition coefficient (Wildman–Crippen LogP) is 6.40. The molecule has 0 fully saturated rings. The van der Waals surface area contributed by atoms with Gasteiger partial charge in [0.25, 0.3) is 11.8 Å². The molecule has 0 aliphatic carbocycles. The fourth-order valence-corrected chi connectivity index (χ4v) is 2.39. The van der Waals surface area contributed by atoms with Gasteiger partial charge in [0.2, 0.25) is 0 Å². The van der Waals surface area contributed by atoms with E-state index in [0.29, 0.717) is 11.4 Å². The number of para-hydroxylation sites is 2. The van der Waals surface area contributed by atoms with Crippen LogP contribution in [0.25, 0.3) is 6.08 Å². The monoisotopic (exact) mass is 402 g/mol. The van der Waals surface area contributed by atoms with E-state index in [9.17, 15) is 9.59 Å². The molecule has 0 spiro atoms. The summed E-state index contributed by atoms with van der Waals surface area (Å²) in [5, 5.41) is 5.52. The van der Waals surface area contributed by atoms with Gasteiger partial charge in [0.15, 0.2) is 0 Å². The van der Waals surface area contributed by atoms with Crippen LogP contribution in [0.1, 0.15) is 33.3 Å². The predicted molar refractivity (Wildman–Crippen MR) is 127 cm³/mol. The van der Waals surface area contributed by atoms with Gasteiger partial charge in [0.05, 0.1) is 0 Å². The lowest BCUT2D eigenvalue weighted by Crippen LogP contribution is -2.25. The highest BCUT2D eigenvalue weighted by Gasteiger charge is 2.19. The summed E-state index contributed by atoms with van der Waals surface area (Å²) in [6.07, 6.45) is 1.58. The van der Waals surface area contributed by atoms with Crippen LogP contribution in [0.2, 0.25) is 0 Å². The summed E-state index contributed by atoms with van der Waals surface area (Å²) < 4.78 is 0. The first-order valence-electron chi connectivity index (χ1n) is 10.2. The molecule has 3 aromatic rings. The molecule has 0 saturated heterocycles. The van der Waals surface area contributed by atoms with Gasteiger partial charge in [-0.05, 0) is 35.9 Å². The Hall–Kier alpha value is -3.66. The molecule has 0 radical (unpaired) electrons. The highest BCUT2D eigenvalue weighted by molar-refractivity contribution is 6.28. The zero-order valence-corrected chi connectivity index (χ0v) is 18.1. The lowest BCUT2D eigenvalue weighted by Gasteiger charge is -2.10. The van der Waals surface area contributed by atoms with Gasteiger partial charge in [-0.15, -0.1) is 0 Å². The number of hydrogen-bond donors (Lipinski definition) is 2. The maximum atomic E-state index is 12.7. The molecular formula is C26H30N2O2. The number of amides is 2. The van der Waals surface area contributed by atoms with Gasteiger partial charge >= 0.3 is 0 Å². The van der Waals surface area contributed by atoms with E-state index in [4.69, 9.17) is 0 Å². The topological polar surface area (TPSA) is 58.2 Å². The highest BCUT2D eigenvalue weighted by atomic mass is 16.2. The van der Waals surface area contributed by atoms with Gasteiger partial charge < -0.3 is 10.6 Å². The number of benzene rings is 3. The second kappa shape index (κ2) is 14.4. The summed E-state index contributed by atoms with van der Waals surface area (Å²) in [4.78, 5) is 25.4. The Kier molecular flexibility index (Phi) is 11.7. The van der Waals surface area contributed by atoms with Crippen LogP contribution in [0, 0.1) is 0 Å². The first-order valence-corrected chi connectivity index (χ1v) is 10.2. The van der Waals surface area contributed by atoms with Crippen LogP contribution in [0.15, 0.2) is 96.6 Å². The molecule has 4 nitrogen and oxygen atoms in total. The number of rotatable bonds is 5. The number of carbonyl (C=O) groups excluding carboxylic acids is 2. The van der Waals surface area contributed by atoms with E-state index in [1.807, 2.05) is 94.4 Å². The third kappa shape index (κ3) is 8.15. The maximum absolute atomic E-state index is 12.7. The Morgan fingerprint density at radius 2 is 0.900 bits per heavy atom. The van der Waals surface area contributed by atoms with Crippen molar-refractivity contribution in [3.63, 3.8) is 0 Å². The average Bonchev–Trinajstić information content (AvgIpc) is 2.82. The van der Waals surface area contributed by atoms with Crippen molar-refractivity contribution in [1.82, 2.24) is 0 Å². The SMILES string of the molecule is CC.CC.O=C(Nc1ccccc1)C(=Cc1ccccc1)C(=O)Nc1ccccc1. The van der Waals surface area contributed by atoms with E-state index in [1.165, 1.54) is 0 Å². The van der Waals surface area contributed by atoms with Crippen molar-refractivity contribution in [2.24, 2.45) is 0 Å². The Labute approximate surface area is 179 Å². The van der Waals surface area contributed by atoms with Gasteiger partial charge in [0, 0.05) is 11.4 Å². The first-order chi connectivity index (χ1) is 14.7. The fourth-order valence-electron chi connectivity index (χ4n) is 2.39. The van der Waals surface area contributed by atoms with Crippen molar-refractivity contribution in [3.8, 4) is 0 Å². The molecule has 0 unspecified atom stereocenters. The minimum atomic E-state index is -0.464. The molecule has 0 saturated carbocycles. The van der Waals surface area contributed by atoms with Gasteiger partial charge in [-0.1, -0.05) is 94.4 Å². The van der Waals surface area contributed by atoms with Crippen molar-refractivity contribution in [2.75, 3.05) is 10.6 Å². The second-order valence-corrected chi connectivity index (χ2v) is 5.61. The molecule has 0 aliphatic rings. The number of anilines is 2. The van der Waals surface area contributed by atoms with Crippen LogP contribution in [0.3, 0.4) is 0 Å². The normalized spacial score (nSPS) is 8.93. The molecule has 2 amide bonds. The number of carbonyl (C=O) groups is 2. The van der Waals surface area contributed by atoms with Gasteiger partial charge in [0.1, 0.15) is 5.57 Å². The van der Waals surface area contributed by atoms with Crippen LogP contribution >= 0.6 is 0 Å². The van der Waals surface area contributed by atoms with Crippen LogP contribution in [-0.2, 0) is 9.59 Å². The molecule has 0 atom stereocenters. The molecule has 0 heterocycles. The molecule has 4 heteroatoms. The van der Waals surface area contributed by atoms with Crippen molar-refractivity contribution >= 4 is 29.3 Å². The molecule has 3 rings (SSSR count). The summed E-state index contributed by atoms with van der Waals surface area (Å²) in [6.45, 7) is 8.00. The van der Waals surface area contributed by atoms with E-state index in [1.54, 1.807) is 30.3 Å². The quantitative estimate of drug-likeness (QED) is 0.295. The highest BCUT2D eigenvalue weighted by Crippen LogP contribution is 2.14. The maximum Gasteiger partial charge on any atom is 0.261 e. The van der Waals surface area contributed by atoms with E-state index in [-0.39, 0.29) is 5.57 Å². The molecule has 0 aromatic heterocycles. The largest absolute Gasteiger partial charge is 0.322 e. The molecule has 2 N–H and O–H groups in total. The zero-order valence-electron chi connectivity index (χ0n) is 18.1. The first kappa shape index (κ1) is 24.4. The van der Waals surface area contributed by atoms with Crippen molar-refractivity contribution < 1.29 is 9.59 Å². The zero-order chi connectivity index (χ0) is 22.2. The molecule has 0 bridgehead atoms. The van der Waals surface area contributed by atoms with Crippen LogP contribution < -0.4 is 10.6 Å². The summed E-state index contributed by atoms with van der Waals surface area (Å²) in [5.74, 6) is -0.929. The molecule has 30 heavy (non-hydrogen) atoms. The van der Waals surface area contributed by atoms with Gasteiger partial charge in [-0.25, -0.2) is 0 Å². The number of nitrogens with one attached hydrogen (secondary N) is 2. The Morgan fingerprint density at radius 1 is 0.567 bits per heavy atom. The second-order valence-electron chi connectivity index (χ2n) is 5.61. The van der Waals surface area contributed by atoms with Crippen LogP contribution in [0.4, 0.5) is 11.4 Å². The summed E-state index contributed by atoms with van der Waals surface area (Å²) in [5.41, 5.74) is 2.06. The third-order valence-corrected chi connectivity index (χ3v) is 3.66. The smallest absolute Gasteiger partial charge is 0.261 e. The minimum absolute atomic E-state index is 0.0314. The van der Waals surface area contributed by atoms with E-state index in [0.717, 1.165) is 5.56 Å². The van der Waals surface area contributed by atoms with Crippen molar-refractivity contribution in [3.05, 3.63) is 102 Å².